The molecule has 1 heterocycles. The van der Waals surface area contributed by atoms with Crippen LogP contribution in [-0.4, -0.2) is 11.9 Å². The monoisotopic (exact) mass is 290 g/mol. The van der Waals surface area contributed by atoms with Crippen molar-refractivity contribution in [3.05, 3.63) is 20.8 Å². The van der Waals surface area contributed by atoms with Gasteiger partial charge in [0.15, 0.2) is 0 Å². The van der Waals surface area contributed by atoms with Gasteiger partial charge >= 0.3 is 0 Å². The van der Waals surface area contributed by atoms with Crippen molar-refractivity contribution in [3.8, 4) is 0 Å². The zero-order valence-electron chi connectivity index (χ0n) is 8.79. The molecule has 0 aliphatic heterocycles. The molecule has 0 fully saturated rings. The average molecular weight is 291 g/mol. The molecule has 0 radical (unpaired) electrons. The number of carbonyl (C=O) groups excluding carboxylic acids is 1. The standard InChI is InChI=1S/C10H15BrN2OS/c1-6(2)9(12)10(14)13-4-7-3-8(11)15-5-7/h3,5-6,9H,4,12H2,1-2H3,(H,13,14)/t9-/m0/s1. The molecule has 1 atom stereocenters. The zero-order valence-corrected chi connectivity index (χ0v) is 11.2. The van der Waals surface area contributed by atoms with Crippen LogP contribution in [0.2, 0.25) is 0 Å². The number of carbonyl (C=O) groups is 1. The molecule has 1 aromatic heterocycles. The lowest BCUT2D eigenvalue weighted by atomic mass is 10.1. The number of thiophene rings is 1. The summed E-state index contributed by atoms with van der Waals surface area (Å²) in [4.78, 5) is 11.5. The van der Waals surface area contributed by atoms with E-state index in [1.807, 2.05) is 25.3 Å². The fraction of sp³-hybridized carbons (Fsp3) is 0.500. The molecule has 0 spiro atoms. The lowest BCUT2D eigenvalue weighted by Crippen LogP contribution is -2.43. The van der Waals surface area contributed by atoms with Crippen LogP contribution >= 0.6 is 27.3 Å². The first-order chi connectivity index (χ1) is 7.00. The molecule has 0 aliphatic carbocycles. The third-order valence-electron chi connectivity index (χ3n) is 2.11. The Kier molecular flexibility index (Phi) is 4.76. The fourth-order valence-corrected chi connectivity index (χ4v) is 2.26. The summed E-state index contributed by atoms with van der Waals surface area (Å²) in [5.41, 5.74) is 6.80. The molecule has 1 aromatic rings. The van der Waals surface area contributed by atoms with Crippen LogP contribution in [0.25, 0.3) is 0 Å². The summed E-state index contributed by atoms with van der Waals surface area (Å²) in [6, 6.07) is 1.57. The van der Waals surface area contributed by atoms with Gasteiger partial charge in [-0.25, -0.2) is 0 Å². The molecule has 3 nitrogen and oxygen atoms in total. The summed E-state index contributed by atoms with van der Waals surface area (Å²) >= 11 is 4.98. The van der Waals surface area contributed by atoms with Crippen LogP contribution in [0.5, 0.6) is 0 Å². The van der Waals surface area contributed by atoms with Gasteiger partial charge in [-0.15, -0.1) is 11.3 Å². The summed E-state index contributed by atoms with van der Waals surface area (Å²) in [5.74, 6) is 0.0755. The maximum Gasteiger partial charge on any atom is 0.237 e. The van der Waals surface area contributed by atoms with Gasteiger partial charge in [0.25, 0.3) is 0 Å². The summed E-state index contributed by atoms with van der Waals surface area (Å²) in [5, 5.41) is 4.82. The van der Waals surface area contributed by atoms with E-state index >= 15 is 0 Å². The van der Waals surface area contributed by atoms with Gasteiger partial charge in [0.2, 0.25) is 5.91 Å². The molecule has 0 unspecified atom stereocenters. The quantitative estimate of drug-likeness (QED) is 0.892. The van der Waals surface area contributed by atoms with Crippen molar-refractivity contribution in [3.63, 3.8) is 0 Å². The number of hydrogen-bond acceptors (Lipinski definition) is 3. The van der Waals surface area contributed by atoms with Crippen molar-refractivity contribution in [1.29, 1.82) is 0 Å². The topological polar surface area (TPSA) is 55.1 Å². The molecular weight excluding hydrogens is 276 g/mol. The molecule has 3 N–H and O–H groups in total. The summed E-state index contributed by atoms with van der Waals surface area (Å²) in [6.07, 6.45) is 0. The van der Waals surface area contributed by atoms with Crippen LogP contribution in [0, 0.1) is 5.92 Å². The van der Waals surface area contributed by atoms with Crippen molar-refractivity contribution in [2.45, 2.75) is 26.4 Å². The van der Waals surface area contributed by atoms with E-state index in [4.69, 9.17) is 5.73 Å². The highest BCUT2D eigenvalue weighted by atomic mass is 79.9. The van der Waals surface area contributed by atoms with Gasteiger partial charge in [0.1, 0.15) is 0 Å². The van der Waals surface area contributed by atoms with Crippen molar-refractivity contribution < 1.29 is 4.79 Å². The molecule has 0 saturated carbocycles. The Labute approximate surface area is 102 Å². The number of rotatable bonds is 4. The SMILES string of the molecule is CC(C)[C@H](N)C(=O)NCc1csc(Br)c1. The molecule has 0 aromatic carbocycles. The number of nitrogens with one attached hydrogen (secondary N) is 1. The first-order valence-electron chi connectivity index (χ1n) is 4.77. The number of halogens is 1. The van der Waals surface area contributed by atoms with Gasteiger partial charge in [0.05, 0.1) is 9.83 Å². The van der Waals surface area contributed by atoms with Gasteiger partial charge in [-0.3, -0.25) is 4.79 Å². The Balaban J connectivity index is 2.40. The molecule has 0 bridgehead atoms. The average Bonchev–Trinajstić information content (AvgIpc) is 2.59. The summed E-state index contributed by atoms with van der Waals surface area (Å²) in [7, 11) is 0. The van der Waals surface area contributed by atoms with Crippen LogP contribution in [0.1, 0.15) is 19.4 Å². The van der Waals surface area contributed by atoms with E-state index in [2.05, 4.69) is 21.2 Å². The van der Waals surface area contributed by atoms with E-state index in [9.17, 15) is 4.79 Å². The van der Waals surface area contributed by atoms with Crippen LogP contribution < -0.4 is 11.1 Å². The Morgan fingerprint density at radius 2 is 2.33 bits per heavy atom. The second-order valence-corrected chi connectivity index (χ2v) is 6.04. The summed E-state index contributed by atoms with van der Waals surface area (Å²) in [6.45, 7) is 4.41. The predicted molar refractivity (Wildman–Crippen MR) is 66.7 cm³/mol. The molecule has 1 amide bonds. The Morgan fingerprint density at radius 1 is 1.67 bits per heavy atom. The van der Waals surface area contributed by atoms with Crippen molar-refractivity contribution >= 4 is 33.2 Å². The van der Waals surface area contributed by atoms with E-state index in [-0.39, 0.29) is 11.8 Å². The molecule has 0 aliphatic rings. The Hall–Kier alpha value is -0.390. The lowest BCUT2D eigenvalue weighted by Gasteiger charge is -2.14. The molecule has 0 saturated heterocycles. The molecule has 5 heteroatoms. The number of amides is 1. The maximum atomic E-state index is 11.5. The van der Waals surface area contributed by atoms with Crippen molar-refractivity contribution in [2.75, 3.05) is 0 Å². The number of hydrogen-bond donors (Lipinski definition) is 2. The van der Waals surface area contributed by atoms with E-state index < -0.39 is 6.04 Å². The lowest BCUT2D eigenvalue weighted by molar-refractivity contribution is -0.123. The molecule has 1 rings (SSSR count). The maximum absolute atomic E-state index is 11.5. The molecule has 15 heavy (non-hydrogen) atoms. The third-order valence-corrected chi connectivity index (χ3v) is 3.66. The number of nitrogens with two attached hydrogens (primary N) is 1. The second-order valence-electron chi connectivity index (χ2n) is 3.75. The summed E-state index contributed by atoms with van der Waals surface area (Å²) < 4.78 is 1.07. The van der Waals surface area contributed by atoms with Crippen molar-refractivity contribution in [1.82, 2.24) is 5.32 Å². The minimum absolute atomic E-state index is 0.0904. The minimum atomic E-state index is -0.424. The Morgan fingerprint density at radius 3 is 2.80 bits per heavy atom. The third kappa shape index (κ3) is 3.93. The van der Waals surface area contributed by atoms with Crippen LogP contribution in [-0.2, 0) is 11.3 Å². The van der Waals surface area contributed by atoms with Gasteiger partial charge in [0, 0.05) is 6.54 Å². The second kappa shape index (κ2) is 5.63. The predicted octanol–water partition coefficient (Wildman–Crippen LogP) is 2.11. The minimum Gasteiger partial charge on any atom is -0.351 e. The first-order valence-corrected chi connectivity index (χ1v) is 6.44. The smallest absolute Gasteiger partial charge is 0.237 e. The van der Waals surface area contributed by atoms with Gasteiger partial charge in [-0.05, 0) is 38.9 Å². The van der Waals surface area contributed by atoms with E-state index in [1.54, 1.807) is 11.3 Å². The first kappa shape index (κ1) is 12.7. The fourth-order valence-electron chi connectivity index (χ4n) is 1.05. The highest BCUT2D eigenvalue weighted by molar-refractivity contribution is 9.11. The highest BCUT2D eigenvalue weighted by Gasteiger charge is 2.16. The van der Waals surface area contributed by atoms with E-state index in [0.29, 0.717) is 6.54 Å². The largest absolute Gasteiger partial charge is 0.351 e. The van der Waals surface area contributed by atoms with Gasteiger partial charge in [-0.1, -0.05) is 13.8 Å². The van der Waals surface area contributed by atoms with Crippen LogP contribution in [0.3, 0.4) is 0 Å². The van der Waals surface area contributed by atoms with Crippen LogP contribution in [0.4, 0.5) is 0 Å². The van der Waals surface area contributed by atoms with Crippen LogP contribution in [0.15, 0.2) is 15.2 Å². The molecular formula is C10H15BrN2OS. The van der Waals surface area contributed by atoms with Crippen molar-refractivity contribution in [2.24, 2.45) is 11.7 Å². The highest BCUT2D eigenvalue weighted by Crippen LogP contribution is 2.20. The van der Waals surface area contributed by atoms with E-state index in [1.165, 1.54) is 0 Å². The van der Waals surface area contributed by atoms with E-state index in [0.717, 1.165) is 9.35 Å². The normalized spacial score (nSPS) is 12.9. The van der Waals surface area contributed by atoms with Gasteiger partial charge in [-0.2, -0.15) is 0 Å². The Bertz CT molecular complexity index is 338. The molecule has 84 valence electrons. The van der Waals surface area contributed by atoms with Gasteiger partial charge < -0.3 is 11.1 Å². The zero-order chi connectivity index (χ0) is 11.4.